The van der Waals surface area contributed by atoms with Gasteiger partial charge in [-0.25, -0.2) is 4.98 Å². The van der Waals surface area contributed by atoms with Crippen LogP contribution >= 0.6 is 0 Å². The van der Waals surface area contributed by atoms with Crippen LogP contribution in [0.15, 0.2) is 6.07 Å². The molecule has 1 saturated heterocycles. The first kappa shape index (κ1) is 11.5. The van der Waals surface area contributed by atoms with Crippen LogP contribution in [0.3, 0.4) is 0 Å². The third kappa shape index (κ3) is 2.19. The zero-order valence-electron chi connectivity index (χ0n) is 10.4. The van der Waals surface area contributed by atoms with Gasteiger partial charge in [0.15, 0.2) is 0 Å². The van der Waals surface area contributed by atoms with Gasteiger partial charge in [0.05, 0.1) is 0 Å². The van der Waals surface area contributed by atoms with Crippen LogP contribution in [-0.2, 0) is 12.8 Å². The predicted molar refractivity (Wildman–Crippen MR) is 67.5 cm³/mol. The lowest BCUT2D eigenvalue weighted by Gasteiger charge is -2.23. The maximum atomic E-state index is 9.20. The number of aromatic nitrogens is 1. The fourth-order valence-electron chi connectivity index (χ4n) is 2.69. The molecule has 4 heteroatoms. The number of aryl methyl sites for hydroxylation is 2. The van der Waals surface area contributed by atoms with Crippen molar-refractivity contribution in [2.75, 3.05) is 13.1 Å². The lowest BCUT2D eigenvalue weighted by atomic mass is 10.1. The van der Waals surface area contributed by atoms with Crippen LogP contribution in [0.1, 0.15) is 36.1 Å². The Bertz CT molecular complexity index is 487. The Balaban J connectivity index is 1.84. The van der Waals surface area contributed by atoms with E-state index in [1.807, 2.05) is 6.07 Å². The lowest BCUT2D eigenvalue weighted by molar-refractivity contribution is 0.155. The van der Waals surface area contributed by atoms with Gasteiger partial charge in [-0.2, -0.15) is 5.26 Å². The Morgan fingerprint density at radius 1 is 1.33 bits per heavy atom. The summed E-state index contributed by atoms with van der Waals surface area (Å²) in [6.45, 7) is 1.97. The molecular formula is C14H17N3O. The highest BCUT2D eigenvalue weighted by atomic mass is 16.5. The van der Waals surface area contributed by atoms with Gasteiger partial charge in [-0.05, 0) is 56.8 Å². The fraction of sp³-hybridized carbons (Fsp3) is 0.571. The van der Waals surface area contributed by atoms with E-state index < -0.39 is 0 Å². The summed E-state index contributed by atoms with van der Waals surface area (Å²) in [5.74, 6) is 0.546. The number of hydrogen-bond donors (Lipinski definition) is 1. The molecule has 0 amide bonds. The smallest absolute Gasteiger partial charge is 0.232 e. The van der Waals surface area contributed by atoms with E-state index in [1.165, 1.54) is 5.56 Å². The zero-order chi connectivity index (χ0) is 12.4. The molecule has 3 rings (SSSR count). The number of piperidine rings is 1. The largest absolute Gasteiger partial charge is 0.473 e. The van der Waals surface area contributed by atoms with Crippen molar-refractivity contribution in [1.29, 1.82) is 5.26 Å². The van der Waals surface area contributed by atoms with Crippen molar-refractivity contribution in [3.63, 3.8) is 0 Å². The standard InChI is InChI=1S/C14H17N3O/c15-9-11-8-10-2-1-3-13(10)17-14(11)18-12-4-6-16-7-5-12/h8,12,16H,1-7H2. The molecule has 0 spiro atoms. The molecule has 0 saturated carbocycles. The van der Waals surface area contributed by atoms with Crippen LogP contribution in [0, 0.1) is 11.3 Å². The molecule has 1 aliphatic heterocycles. The summed E-state index contributed by atoms with van der Waals surface area (Å²) in [7, 11) is 0. The minimum absolute atomic E-state index is 0.199. The van der Waals surface area contributed by atoms with Crippen molar-refractivity contribution in [3.8, 4) is 11.9 Å². The first-order valence-electron chi connectivity index (χ1n) is 6.67. The van der Waals surface area contributed by atoms with E-state index in [4.69, 9.17) is 4.74 Å². The van der Waals surface area contributed by atoms with Crippen molar-refractivity contribution in [1.82, 2.24) is 10.3 Å². The molecule has 1 aromatic rings. The Kier molecular flexibility index (Phi) is 3.16. The Hall–Kier alpha value is -1.60. The van der Waals surface area contributed by atoms with Crippen molar-refractivity contribution < 1.29 is 4.74 Å². The Morgan fingerprint density at radius 2 is 2.17 bits per heavy atom. The molecule has 1 aromatic heterocycles. The number of hydrogen-bond acceptors (Lipinski definition) is 4. The third-order valence-electron chi connectivity index (χ3n) is 3.70. The van der Waals surface area contributed by atoms with Gasteiger partial charge in [-0.1, -0.05) is 0 Å². The highest BCUT2D eigenvalue weighted by molar-refractivity contribution is 5.44. The van der Waals surface area contributed by atoms with Crippen LogP contribution in [0.4, 0.5) is 0 Å². The van der Waals surface area contributed by atoms with Crippen LogP contribution < -0.4 is 10.1 Å². The number of ether oxygens (including phenoxy) is 1. The van der Waals surface area contributed by atoms with Crippen molar-refractivity contribution in [2.24, 2.45) is 0 Å². The fourth-order valence-corrected chi connectivity index (χ4v) is 2.69. The van der Waals surface area contributed by atoms with Gasteiger partial charge in [0.1, 0.15) is 17.7 Å². The van der Waals surface area contributed by atoms with Gasteiger partial charge in [0.2, 0.25) is 5.88 Å². The highest BCUT2D eigenvalue weighted by Gasteiger charge is 2.21. The van der Waals surface area contributed by atoms with E-state index >= 15 is 0 Å². The highest BCUT2D eigenvalue weighted by Crippen LogP contribution is 2.27. The van der Waals surface area contributed by atoms with E-state index in [1.54, 1.807) is 0 Å². The van der Waals surface area contributed by atoms with E-state index in [9.17, 15) is 5.26 Å². The quantitative estimate of drug-likeness (QED) is 0.856. The third-order valence-corrected chi connectivity index (χ3v) is 3.70. The molecule has 1 aliphatic carbocycles. The first-order chi connectivity index (χ1) is 8.86. The number of pyridine rings is 1. The number of nitrogens with one attached hydrogen (secondary N) is 1. The summed E-state index contributed by atoms with van der Waals surface area (Å²) in [6.07, 6.45) is 5.39. The summed E-state index contributed by atoms with van der Waals surface area (Å²) in [5, 5.41) is 12.5. The topological polar surface area (TPSA) is 57.9 Å². The van der Waals surface area contributed by atoms with Crippen LogP contribution in [0.25, 0.3) is 0 Å². The summed E-state index contributed by atoms with van der Waals surface area (Å²) in [6, 6.07) is 4.18. The number of rotatable bonds is 2. The number of nitriles is 1. The van der Waals surface area contributed by atoms with Crippen LogP contribution in [0.5, 0.6) is 5.88 Å². The average Bonchev–Trinajstić information content (AvgIpc) is 2.86. The molecule has 0 aromatic carbocycles. The predicted octanol–water partition coefficient (Wildman–Crippen LogP) is 1.57. The van der Waals surface area contributed by atoms with E-state index in [-0.39, 0.29) is 6.10 Å². The molecule has 1 fully saturated rings. The van der Waals surface area contributed by atoms with Crippen molar-refractivity contribution in [2.45, 2.75) is 38.2 Å². The molecule has 2 heterocycles. The zero-order valence-corrected chi connectivity index (χ0v) is 10.4. The molecule has 4 nitrogen and oxygen atoms in total. The van der Waals surface area contributed by atoms with Gasteiger partial charge < -0.3 is 10.1 Å². The maximum absolute atomic E-state index is 9.20. The second-order valence-electron chi connectivity index (χ2n) is 4.98. The summed E-state index contributed by atoms with van der Waals surface area (Å²) < 4.78 is 5.93. The second kappa shape index (κ2) is 4.95. The van der Waals surface area contributed by atoms with E-state index in [0.29, 0.717) is 11.4 Å². The van der Waals surface area contributed by atoms with Crippen LogP contribution in [0.2, 0.25) is 0 Å². The number of nitrogens with zero attached hydrogens (tertiary/aromatic N) is 2. The van der Waals surface area contributed by atoms with Gasteiger partial charge in [-0.15, -0.1) is 0 Å². The van der Waals surface area contributed by atoms with Gasteiger partial charge >= 0.3 is 0 Å². The lowest BCUT2D eigenvalue weighted by Crippen LogP contribution is -2.34. The first-order valence-corrected chi connectivity index (χ1v) is 6.67. The SMILES string of the molecule is N#Cc1cc2c(nc1OC1CCNCC1)CCC2. The second-order valence-corrected chi connectivity index (χ2v) is 4.98. The Morgan fingerprint density at radius 3 is 2.94 bits per heavy atom. The number of fused-ring (bicyclic) bond motifs is 1. The van der Waals surface area contributed by atoms with Crippen LogP contribution in [-0.4, -0.2) is 24.2 Å². The van der Waals surface area contributed by atoms with E-state index in [2.05, 4.69) is 16.4 Å². The van der Waals surface area contributed by atoms with Gasteiger partial charge in [0.25, 0.3) is 0 Å². The average molecular weight is 243 g/mol. The molecule has 0 atom stereocenters. The Labute approximate surface area is 107 Å². The summed E-state index contributed by atoms with van der Waals surface area (Å²) in [5.41, 5.74) is 2.94. The summed E-state index contributed by atoms with van der Waals surface area (Å²) >= 11 is 0. The van der Waals surface area contributed by atoms with E-state index in [0.717, 1.165) is 50.9 Å². The minimum atomic E-state index is 0.199. The molecular weight excluding hydrogens is 226 g/mol. The minimum Gasteiger partial charge on any atom is -0.473 e. The molecule has 0 bridgehead atoms. The maximum Gasteiger partial charge on any atom is 0.232 e. The molecule has 94 valence electrons. The molecule has 0 unspecified atom stereocenters. The molecule has 0 radical (unpaired) electrons. The monoisotopic (exact) mass is 243 g/mol. The van der Waals surface area contributed by atoms with Crippen molar-refractivity contribution >= 4 is 0 Å². The van der Waals surface area contributed by atoms with Crippen molar-refractivity contribution in [3.05, 3.63) is 22.9 Å². The molecule has 2 aliphatic rings. The van der Waals surface area contributed by atoms with Gasteiger partial charge in [0, 0.05) is 5.69 Å². The normalized spacial score (nSPS) is 19.3. The molecule has 18 heavy (non-hydrogen) atoms. The molecule has 1 N–H and O–H groups in total. The van der Waals surface area contributed by atoms with Gasteiger partial charge in [-0.3, -0.25) is 0 Å². The summed E-state index contributed by atoms with van der Waals surface area (Å²) in [4.78, 5) is 4.55.